The summed E-state index contributed by atoms with van der Waals surface area (Å²) in [6.45, 7) is 0. The number of nitrogen functional groups attached to an aromatic ring is 4. The molecule has 0 aromatic heterocycles. The van der Waals surface area contributed by atoms with E-state index in [1.54, 1.807) is 36.4 Å². The van der Waals surface area contributed by atoms with Crippen molar-refractivity contribution >= 4 is 33.5 Å². The number of anilines is 4. The molecule has 0 fully saturated rings. The summed E-state index contributed by atoms with van der Waals surface area (Å²) in [5.41, 5.74) is 25.3. The van der Waals surface area contributed by atoms with Gasteiger partial charge in [-0.05, 0) is 36.4 Å². The van der Waals surface area contributed by atoms with Crippen molar-refractivity contribution in [2.24, 2.45) is 0 Å². The largest absolute Gasteiger partial charge is 0.457 e. The molecule has 28 heavy (non-hydrogen) atoms. The maximum absolute atomic E-state index is 6.04. The predicted molar refractivity (Wildman–Crippen MR) is 115 cm³/mol. The quantitative estimate of drug-likeness (QED) is 0.383. The summed E-state index contributed by atoms with van der Waals surface area (Å²) < 4.78 is 12.1. The highest BCUT2D eigenvalue weighted by Gasteiger charge is 2.10. The van der Waals surface area contributed by atoms with Crippen LogP contribution in [0.3, 0.4) is 0 Å². The number of hydrogen-bond donors (Lipinski definition) is 4. The normalized spacial score (nSPS) is 10.7. The number of fused-ring (bicyclic) bond motifs is 1. The molecule has 4 aromatic carbocycles. The molecule has 140 valence electrons. The Labute approximate surface area is 162 Å². The van der Waals surface area contributed by atoms with E-state index in [2.05, 4.69) is 0 Å². The highest BCUT2D eigenvalue weighted by Crippen LogP contribution is 2.37. The summed E-state index contributed by atoms with van der Waals surface area (Å²) in [5, 5.41) is 1.80. The second-order valence-corrected chi connectivity index (χ2v) is 6.39. The average Bonchev–Trinajstić information content (AvgIpc) is 2.68. The maximum Gasteiger partial charge on any atom is 0.135 e. The van der Waals surface area contributed by atoms with E-state index in [1.807, 2.05) is 36.4 Å². The topological polar surface area (TPSA) is 123 Å². The zero-order chi connectivity index (χ0) is 19.7. The lowest BCUT2D eigenvalue weighted by molar-refractivity contribution is 0.483. The number of hydrogen-bond acceptors (Lipinski definition) is 6. The molecule has 0 amide bonds. The zero-order valence-electron chi connectivity index (χ0n) is 15.1. The predicted octanol–water partition coefficient (Wildman–Crippen LogP) is 4.75. The minimum absolute atomic E-state index is 0.475. The van der Waals surface area contributed by atoms with Crippen LogP contribution in [0.1, 0.15) is 0 Å². The van der Waals surface area contributed by atoms with Crippen LogP contribution < -0.4 is 32.4 Å². The van der Waals surface area contributed by atoms with Crippen LogP contribution in [0.25, 0.3) is 10.8 Å². The fourth-order valence-corrected chi connectivity index (χ4v) is 2.92. The van der Waals surface area contributed by atoms with Gasteiger partial charge in [0.05, 0.1) is 22.7 Å². The van der Waals surface area contributed by atoms with Crippen LogP contribution in [0.15, 0.2) is 72.8 Å². The molecule has 0 saturated carbocycles. The third-order valence-electron chi connectivity index (χ3n) is 4.41. The fourth-order valence-electron chi connectivity index (χ4n) is 2.92. The molecule has 0 spiro atoms. The Morgan fingerprint density at radius 2 is 0.893 bits per heavy atom. The monoisotopic (exact) mass is 372 g/mol. The first-order valence-corrected chi connectivity index (χ1v) is 8.69. The molecular weight excluding hydrogens is 352 g/mol. The molecule has 0 atom stereocenters. The number of ether oxygens (including phenoxy) is 2. The van der Waals surface area contributed by atoms with Crippen LogP contribution in [0.4, 0.5) is 22.7 Å². The third-order valence-corrected chi connectivity index (χ3v) is 4.41. The lowest BCUT2D eigenvalue weighted by Crippen LogP contribution is -1.96. The molecule has 0 radical (unpaired) electrons. The van der Waals surface area contributed by atoms with Gasteiger partial charge in [-0.2, -0.15) is 0 Å². The van der Waals surface area contributed by atoms with E-state index in [4.69, 9.17) is 32.4 Å². The Hall–Kier alpha value is -4.06. The number of nitrogens with two attached hydrogens (primary N) is 4. The van der Waals surface area contributed by atoms with Crippen LogP contribution in [0, 0.1) is 0 Å². The molecule has 0 bridgehead atoms. The van der Waals surface area contributed by atoms with Crippen molar-refractivity contribution in [1.82, 2.24) is 0 Å². The molecular formula is C22H20N4O2. The lowest BCUT2D eigenvalue weighted by atomic mass is 10.1. The first-order chi connectivity index (χ1) is 13.5. The van der Waals surface area contributed by atoms with Gasteiger partial charge in [0.1, 0.15) is 23.0 Å². The molecule has 8 N–H and O–H groups in total. The highest BCUT2D eigenvalue weighted by molar-refractivity contribution is 5.93. The highest BCUT2D eigenvalue weighted by atomic mass is 16.5. The van der Waals surface area contributed by atoms with Crippen molar-refractivity contribution in [3.05, 3.63) is 72.8 Å². The van der Waals surface area contributed by atoms with E-state index in [0.717, 1.165) is 10.8 Å². The summed E-state index contributed by atoms with van der Waals surface area (Å²) in [6, 6.07) is 21.9. The Kier molecular flexibility index (Phi) is 4.29. The van der Waals surface area contributed by atoms with Gasteiger partial charge in [-0.25, -0.2) is 0 Å². The number of benzene rings is 4. The minimum atomic E-state index is 0.475. The smallest absolute Gasteiger partial charge is 0.135 e. The van der Waals surface area contributed by atoms with Crippen LogP contribution >= 0.6 is 0 Å². The number of rotatable bonds is 4. The maximum atomic E-state index is 6.04. The first kappa shape index (κ1) is 17.4. The van der Waals surface area contributed by atoms with Crippen molar-refractivity contribution in [1.29, 1.82) is 0 Å². The standard InChI is InChI=1S/C22H20N4O2/c23-17-9-7-13(11-19(17)25)27-21-5-1-3-15-16(21)4-2-6-22(15)28-14-8-10-18(24)20(26)12-14/h1-12H,23-26H2. The van der Waals surface area contributed by atoms with Crippen molar-refractivity contribution in [3.63, 3.8) is 0 Å². The average molecular weight is 372 g/mol. The van der Waals surface area contributed by atoms with Crippen LogP contribution in [-0.4, -0.2) is 0 Å². The van der Waals surface area contributed by atoms with E-state index in [9.17, 15) is 0 Å². The molecule has 0 saturated heterocycles. The second kappa shape index (κ2) is 6.92. The second-order valence-electron chi connectivity index (χ2n) is 6.39. The van der Waals surface area contributed by atoms with Gasteiger partial charge in [0.25, 0.3) is 0 Å². The van der Waals surface area contributed by atoms with Crippen molar-refractivity contribution in [2.45, 2.75) is 0 Å². The van der Waals surface area contributed by atoms with Gasteiger partial charge in [-0.3, -0.25) is 0 Å². The fraction of sp³-hybridized carbons (Fsp3) is 0. The Balaban J connectivity index is 1.71. The van der Waals surface area contributed by atoms with Crippen LogP contribution in [0.2, 0.25) is 0 Å². The van der Waals surface area contributed by atoms with Gasteiger partial charge in [-0.1, -0.05) is 24.3 Å². The van der Waals surface area contributed by atoms with Gasteiger partial charge in [0.2, 0.25) is 0 Å². The van der Waals surface area contributed by atoms with E-state index < -0.39 is 0 Å². The summed E-state index contributed by atoms with van der Waals surface area (Å²) in [7, 11) is 0. The molecule has 6 nitrogen and oxygen atoms in total. The van der Waals surface area contributed by atoms with E-state index in [-0.39, 0.29) is 0 Å². The molecule has 4 aromatic rings. The van der Waals surface area contributed by atoms with Crippen molar-refractivity contribution < 1.29 is 9.47 Å². The van der Waals surface area contributed by atoms with Crippen molar-refractivity contribution in [3.8, 4) is 23.0 Å². The molecule has 0 aliphatic heterocycles. The Morgan fingerprint density at radius 3 is 1.29 bits per heavy atom. The lowest BCUT2D eigenvalue weighted by Gasteiger charge is -2.13. The molecule has 6 heteroatoms. The van der Waals surface area contributed by atoms with Gasteiger partial charge in [-0.15, -0.1) is 0 Å². The van der Waals surface area contributed by atoms with E-state index in [0.29, 0.717) is 45.7 Å². The summed E-state index contributed by atoms with van der Waals surface area (Å²) >= 11 is 0. The zero-order valence-corrected chi connectivity index (χ0v) is 15.1. The Bertz CT molecular complexity index is 1080. The molecule has 0 aliphatic rings. The van der Waals surface area contributed by atoms with E-state index in [1.165, 1.54) is 0 Å². The Morgan fingerprint density at radius 1 is 0.464 bits per heavy atom. The molecule has 4 rings (SSSR count). The van der Waals surface area contributed by atoms with Crippen LogP contribution in [-0.2, 0) is 0 Å². The SMILES string of the molecule is Nc1ccc(Oc2cccc3c(Oc4ccc(N)c(N)c4)cccc23)cc1N. The van der Waals surface area contributed by atoms with Gasteiger partial charge < -0.3 is 32.4 Å². The van der Waals surface area contributed by atoms with E-state index >= 15 is 0 Å². The molecule has 0 heterocycles. The third kappa shape index (κ3) is 3.31. The summed E-state index contributed by atoms with van der Waals surface area (Å²) in [4.78, 5) is 0. The van der Waals surface area contributed by atoms with Gasteiger partial charge in [0, 0.05) is 22.9 Å². The molecule has 0 aliphatic carbocycles. The van der Waals surface area contributed by atoms with Crippen molar-refractivity contribution in [2.75, 3.05) is 22.9 Å². The van der Waals surface area contributed by atoms with Gasteiger partial charge in [0.15, 0.2) is 0 Å². The summed E-state index contributed by atoms with van der Waals surface area (Å²) in [6.07, 6.45) is 0. The first-order valence-electron chi connectivity index (χ1n) is 8.69. The van der Waals surface area contributed by atoms with Gasteiger partial charge >= 0.3 is 0 Å². The minimum Gasteiger partial charge on any atom is -0.457 e. The molecule has 0 unspecified atom stereocenters. The van der Waals surface area contributed by atoms with Crippen LogP contribution in [0.5, 0.6) is 23.0 Å². The summed E-state index contributed by atoms with van der Waals surface area (Å²) in [5.74, 6) is 2.58.